The summed E-state index contributed by atoms with van der Waals surface area (Å²) in [6, 6.07) is 11.3. The lowest BCUT2D eigenvalue weighted by molar-refractivity contribution is 0.404. The highest BCUT2D eigenvalue weighted by Crippen LogP contribution is 2.32. The molecular weight excluding hydrogens is 356 g/mol. The number of nitrogens with zero attached hydrogens (tertiary/aromatic N) is 2. The van der Waals surface area contributed by atoms with Crippen molar-refractivity contribution < 1.29 is 17.6 Å². The molecule has 0 fully saturated rings. The summed E-state index contributed by atoms with van der Waals surface area (Å²) in [7, 11) is -2.36. The van der Waals surface area contributed by atoms with Gasteiger partial charge in [-0.2, -0.15) is 5.10 Å². The van der Waals surface area contributed by atoms with E-state index in [-0.39, 0.29) is 22.3 Å². The molecule has 26 heavy (non-hydrogen) atoms. The molecule has 0 bridgehead atoms. The maximum atomic E-state index is 13.0. The number of amidine groups is 1. The largest absolute Gasteiger partial charge is 0.493 e. The molecule has 0 aliphatic heterocycles. The molecule has 9 heteroatoms. The molecule has 2 heterocycles. The van der Waals surface area contributed by atoms with E-state index in [0.717, 1.165) is 9.54 Å². The van der Waals surface area contributed by atoms with Gasteiger partial charge in [0.1, 0.15) is 0 Å². The van der Waals surface area contributed by atoms with Crippen molar-refractivity contribution in [3.8, 4) is 17.2 Å². The summed E-state index contributed by atoms with van der Waals surface area (Å²) >= 11 is 0. The highest BCUT2D eigenvalue weighted by atomic mass is 32.2. The Morgan fingerprint density at radius 2 is 1.92 bits per heavy atom. The van der Waals surface area contributed by atoms with Gasteiger partial charge in [0.15, 0.2) is 17.3 Å². The first kappa shape index (κ1) is 17.6. The fourth-order valence-corrected chi connectivity index (χ4v) is 3.83. The second-order valence-electron chi connectivity index (χ2n) is 5.53. The molecule has 4 N–H and O–H groups in total. The quantitative estimate of drug-likeness (QED) is 0.304. The van der Waals surface area contributed by atoms with Gasteiger partial charge in [0.2, 0.25) is 5.76 Å². The smallest absolute Gasteiger partial charge is 0.268 e. The van der Waals surface area contributed by atoms with Crippen LogP contribution in [0.2, 0.25) is 0 Å². The summed E-state index contributed by atoms with van der Waals surface area (Å²) in [6.07, 6.45) is 1.44. The Bertz CT molecular complexity index is 1060. The van der Waals surface area contributed by atoms with Crippen LogP contribution in [0.15, 0.2) is 63.1 Å². The third kappa shape index (κ3) is 2.93. The Morgan fingerprint density at radius 3 is 2.54 bits per heavy atom. The van der Waals surface area contributed by atoms with E-state index >= 15 is 0 Å². The number of ether oxygens (including phenoxy) is 1. The van der Waals surface area contributed by atoms with Crippen molar-refractivity contribution in [2.45, 2.75) is 11.8 Å². The predicted molar refractivity (Wildman–Crippen MR) is 97.4 cm³/mol. The molecule has 0 aliphatic rings. The summed E-state index contributed by atoms with van der Waals surface area (Å²) < 4.78 is 37.9. The summed E-state index contributed by atoms with van der Waals surface area (Å²) in [5.74, 6) is 5.81. The Morgan fingerprint density at radius 1 is 1.23 bits per heavy atom. The van der Waals surface area contributed by atoms with Gasteiger partial charge in [-0.3, -0.25) is 0 Å². The van der Waals surface area contributed by atoms with E-state index in [2.05, 4.69) is 5.10 Å². The van der Waals surface area contributed by atoms with Crippen molar-refractivity contribution in [1.82, 2.24) is 3.97 Å². The number of hydrogen-bond donors (Lipinski definition) is 2. The molecular formula is C17H18N4O4S. The molecule has 0 saturated carbocycles. The maximum absolute atomic E-state index is 13.0. The SMILES string of the molecule is COc1cc(-c2cccn2S(=O)(=O)c2ccc(C)cc2)oc1C(N)=NN. The second-order valence-corrected chi connectivity index (χ2v) is 7.34. The average Bonchev–Trinajstić information content (AvgIpc) is 3.28. The van der Waals surface area contributed by atoms with Gasteiger partial charge in [-0.05, 0) is 31.2 Å². The number of nitrogens with two attached hydrogens (primary N) is 2. The molecule has 0 radical (unpaired) electrons. The Kier molecular flexibility index (Phi) is 4.47. The maximum Gasteiger partial charge on any atom is 0.268 e. The summed E-state index contributed by atoms with van der Waals surface area (Å²) in [4.78, 5) is 0.169. The van der Waals surface area contributed by atoms with Crippen LogP contribution in [0.25, 0.3) is 11.5 Å². The van der Waals surface area contributed by atoms with Crippen LogP contribution in [0, 0.1) is 6.92 Å². The van der Waals surface area contributed by atoms with E-state index in [1.165, 1.54) is 19.4 Å². The van der Waals surface area contributed by atoms with Gasteiger partial charge in [-0.15, -0.1) is 0 Å². The van der Waals surface area contributed by atoms with Gasteiger partial charge in [0, 0.05) is 12.3 Å². The molecule has 8 nitrogen and oxygen atoms in total. The van der Waals surface area contributed by atoms with Gasteiger partial charge in [-0.25, -0.2) is 12.4 Å². The summed E-state index contributed by atoms with van der Waals surface area (Å²) in [5, 5.41) is 3.38. The van der Waals surface area contributed by atoms with E-state index in [9.17, 15) is 8.42 Å². The minimum atomic E-state index is -3.80. The van der Waals surface area contributed by atoms with Gasteiger partial charge < -0.3 is 20.7 Å². The molecule has 3 aromatic rings. The first-order chi connectivity index (χ1) is 12.4. The van der Waals surface area contributed by atoms with Crippen LogP contribution in [-0.2, 0) is 10.0 Å². The third-order valence-corrected chi connectivity index (χ3v) is 5.54. The van der Waals surface area contributed by atoms with Crippen molar-refractivity contribution in [2.24, 2.45) is 16.7 Å². The van der Waals surface area contributed by atoms with Gasteiger partial charge in [0.25, 0.3) is 10.0 Å². The van der Waals surface area contributed by atoms with Crippen LogP contribution in [0.4, 0.5) is 0 Å². The summed E-state index contributed by atoms with van der Waals surface area (Å²) in [5.41, 5.74) is 6.98. The lowest BCUT2D eigenvalue weighted by atomic mass is 10.2. The monoisotopic (exact) mass is 374 g/mol. The number of benzene rings is 1. The standard InChI is InChI=1S/C17H18N4O4S/c1-11-5-7-12(8-6-11)26(22,23)21-9-3-4-13(21)14-10-15(24-2)16(25-14)17(18)20-19/h3-10H,19H2,1-2H3,(H2,18,20). The number of furan rings is 1. The lowest BCUT2D eigenvalue weighted by Gasteiger charge is -2.09. The topological polar surface area (TPSA) is 126 Å². The Hall–Kier alpha value is -3.20. The molecule has 0 atom stereocenters. The number of aryl methyl sites for hydroxylation is 1. The van der Waals surface area contributed by atoms with Gasteiger partial charge in [-0.1, -0.05) is 17.7 Å². The molecule has 3 rings (SSSR count). The Labute approximate surface area is 150 Å². The highest BCUT2D eigenvalue weighted by molar-refractivity contribution is 7.90. The van der Waals surface area contributed by atoms with Crippen molar-refractivity contribution in [3.05, 3.63) is 60.0 Å². The first-order valence-electron chi connectivity index (χ1n) is 7.60. The van der Waals surface area contributed by atoms with Crippen molar-refractivity contribution in [2.75, 3.05) is 7.11 Å². The van der Waals surface area contributed by atoms with E-state index < -0.39 is 10.0 Å². The first-order valence-corrected chi connectivity index (χ1v) is 9.04. The predicted octanol–water partition coefficient (Wildman–Crippen LogP) is 1.88. The zero-order valence-electron chi connectivity index (χ0n) is 14.2. The second kappa shape index (κ2) is 6.60. The lowest BCUT2D eigenvalue weighted by Crippen LogP contribution is -2.15. The number of methoxy groups -OCH3 is 1. The zero-order chi connectivity index (χ0) is 18.9. The highest BCUT2D eigenvalue weighted by Gasteiger charge is 2.24. The Balaban J connectivity index is 2.12. The minimum absolute atomic E-state index is 0.0624. The normalized spacial score (nSPS) is 12.3. The van der Waals surface area contributed by atoms with Crippen LogP contribution in [0.1, 0.15) is 11.3 Å². The van der Waals surface area contributed by atoms with Crippen molar-refractivity contribution in [1.29, 1.82) is 0 Å². The number of rotatable bonds is 5. The molecule has 2 aromatic heterocycles. The van der Waals surface area contributed by atoms with E-state index in [1.807, 2.05) is 6.92 Å². The molecule has 1 aromatic carbocycles. The molecule has 136 valence electrons. The van der Waals surface area contributed by atoms with Gasteiger partial charge in [0.05, 0.1) is 17.7 Å². The molecule has 0 aliphatic carbocycles. The van der Waals surface area contributed by atoms with Crippen LogP contribution in [0.5, 0.6) is 5.75 Å². The average molecular weight is 374 g/mol. The van der Waals surface area contributed by atoms with Crippen molar-refractivity contribution in [3.63, 3.8) is 0 Å². The van der Waals surface area contributed by atoms with Crippen LogP contribution in [0.3, 0.4) is 0 Å². The van der Waals surface area contributed by atoms with E-state index in [1.54, 1.807) is 36.4 Å². The third-order valence-electron chi connectivity index (χ3n) is 3.83. The van der Waals surface area contributed by atoms with Gasteiger partial charge >= 0.3 is 0 Å². The number of aromatic nitrogens is 1. The van der Waals surface area contributed by atoms with Crippen molar-refractivity contribution >= 4 is 15.9 Å². The van der Waals surface area contributed by atoms with E-state index in [0.29, 0.717) is 11.4 Å². The molecule has 0 unspecified atom stereocenters. The molecule has 0 amide bonds. The molecule has 0 spiro atoms. The zero-order valence-corrected chi connectivity index (χ0v) is 15.0. The van der Waals surface area contributed by atoms with E-state index in [4.69, 9.17) is 20.7 Å². The number of hydrogen-bond acceptors (Lipinski definition) is 6. The number of hydrazone groups is 1. The fraction of sp³-hybridized carbons (Fsp3) is 0.118. The fourth-order valence-electron chi connectivity index (χ4n) is 2.48. The summed E-state index contributed by atoms with van der Waals surface area (Å²) in [6.45, 7) is 1.89. The molecule has 0 saturated heterocycles. The van der Waals surface area contributed by atoms with Crippen LogP contribution < -0.4 is 16.3 Å². The van der Waals surface area contributed by atoms with Crippen LogP contribution >= 0.6 is 0 Å². The minimum Gasteiger partial charge on any atom is -0.493 e. The van der Waals surface area contributed by atoms with Crippen LogP contribution in [-0.4, -0.2) is 25.3 Å².